The van der Waals surface area contributed by atoms with Crippen LogP contribution in [0.15, 0.2) is 41.8 Å². The molecule has 1 unspecified atom stereocenters. The van der Waals surface area contributed by atoms with Crippen molar-refractivity contribution in [2.24, 2.45) is 0 Å². The van der Waals surface area contributed by atoms with Crippen molar-refractivity contribution in [2.75, 3.05) is 20.2 Å². The number of nitriles is 1. The van der Waals surface area contributed by atoms with Crippen LogP contribution in [0.4, 0.5) is 0 Å². The van der Waals surface area contributed by atoms with Crippen LogP contribution in [-0.2, 0) is 6.54 Å². The van der Waals surface area contributed by atoms with Gasteiger partial charge in [-0.2, -0.15) is 5.26 Å². The molecular weight excluding hydrogens is 284 g/mol. The van der Waals surface area contributed by atoms with Crippen LogP contribution in [0.5, 0.6) is 5.75 Å². The van der Waals surface area contributed by atoms with E-state index < -0.39 is 6.10 Å². The largest absolute Gasteiger partial charge is 0.491 e. The monoisotopic (exact) mass is 302 g/mol. The normalized spacial score (nSPS) is 12.1. The molecule has 1 N–H and O–H groups in total. The fraction of sp³-hybridized carbons (Fsp3) is 0.312. The summed E-state index contributed by atoms with van der Waals surface area (Å²) in [4.78, 5) is 3.34. The van der Waals surface area contributed by atoms with Crippen molar-refractivity contribution in [3.63, 3.8) is 0 Å². The van der Waals surface area contributed by atoms with Crippen LogP contribution in [0, 0.1) is 11.3 Å². The molecule has 0 radical (unpaired) electrons. The molecule has 0 fully saturated rings. The maximum Gasteiger partial charge on any atom is 0.119 e. The summed E-state index contributed by atoms with van der Waals surface area (Å²) >= 11 is 1.71. The molecule has 1 aromatic carbocycles. The van der Waals surface area contributed by atoms with Gasteiger partial charge in [0, 0.05) is 18.0 Å². The standard InChI is InChI=1S/C16H18N2O2S/c1-18(11-16-3-2-8-21-16)10-14(19)12-20-15-6-4-13(9-17)5-7-15/h2-8,14,19H,10-12H2,1H3. The zero-order valence-corrected chi connectivity index (χ0v) is 12.7. The van der Waals surface area contributed by atoms with Gasteiger partial charge in [0.2, 0.25) is 0 Å². The Kier molecular flexibility index (Phi) is 5.76. The number of aliphatic hydroxyl groups is 1. The number of hydrogen-bond donors (Lipinski definition) is 1. The van der Waals surface area contributed by atoms with Gasteiger partial charge < -0.3 is 9.84 Å². The fourth-order valence-electron chi connectivity index (χ4n) is 1.96. The van der Waals surface area contributed by atoms with E-state index in [4.69, 9.17) is 10.00 Å². The smallest absolute Gasteiger partial charge is 0.119 e. The molecule has 2 aromatic rings. The SMILES string of the molecule is CN(Cc1cccs1)CC(O)COc1ccc(C#N)cc1. The minimum Gasteiger partial charge on any atom is -0.491 e. The zero-order valence-electron chi connectivity index (χ0n) is 11.9. The van der Waals surface area contributed by atoms with Crippen LogP contribution in [0.25, 0.3) is 0 Å². The van der Waals surface area contributed by atoms with Crippen molar-refractivity contribution in [3.8, 4) is 11.8 Å². The first kappa shape index (κ1) is 15.5. The third-order valence-electron chi connectivity index (χ3n) is 2.95. The highest BCUT2D eigenvalue weighted by atomic mass is 32.1. The van der Waals surface area contributed by atoms with Gasteiger partial charge in [0.15, 0.2) is 0 Å². The van der Waals surface area contributed by atoms with Crippen molar-refractivity contribution in [1.29, 1.82) is 5.26 Å². The first-order valence-electron chi connectivity index (χ1n) is 6.69. The Balaban J connectivity index is 1.73. The lowest BCUT2D eigenvalue weighted by Crippen LogP contribution is -2.32. The van der Waals surface area contributed by atoms with E-state index in [1.54, 1.807) is 35.6 Å². The van der Waals surface area contributed by atoms with Gasteiger partial charge >= 0.3 is 0 Å². The Morgan fingerprint density at radius 3 is 2.71 bits per heavy atom. The molecule has 21 heavy (non-hydrogen) atoms. The van der Waals surface area contributed by atoms with E-state index in [0.717, 1.165) is 6.54 Å². The van der Waals surface area contributed by atoms with Crippen LogP contribution in [0.1, 0.15) is 10.4 Å². The predicted octanol–water partition coefficient (Wildman–Crippen LogP) is 2.49. The van der Waals surface area contributed by atoms with Crippen LogP contribution in [0.2, 0.25) is 0 Å². The summed E-state index contributed by atoms with van der Waals surface area (Å²) in [5.74, 6) is 0.661. The number of hydrogen-bond acceptors (Lipinski definition) is 5. The molecule has 0 aliphatic rings. The lowest BCUT2D eigenvalue weighted by atomic mass is 10.2. The predicted molar refractivity (Wildman–Crippen MR) is 83.3 cm³/mol. The molecule has 1 aromatic heterocycles. The van der Waals surface area contributed by atoms with Gasteiger partial charge in [0.25, 0.3) is 0 Å². The Bertz CT molecular complexity index is 575. The maximum absolute atomic E-state index is 9.99. The van der Waals surface area contributed by atoms with E-state index in [-0.39, 0.29) is 6.61 Å². The number of aliphatic hydroxyl groups excluding tert-OH is 1. The second-order valence-corrected chi connectivity index (χ2v) is 5.91. The molecule has 0 amide bonds. The van der Waals surface area contributed by atoms with Gasteiger partial charge in [-0.05, 0) is 42.8 Å². The highest BCUT2D eigenvalue weighted by molar-refractivity contribution is 7.09. The van der Waals surface area contributed by atoms with E-state index in [1.807, 2.05) is 18.5 Å². The highest BCUT2D eigenvalue weighted by Gasteiger charge is 2.10. The van der Waals surface area contributed by atoms with Crippen LogP contribution < -0.4 is 4.74 Å². The molecule has 0 aliphatic heterocycles. The van der Waals surface area contributed by atoms with Gasteiger partial charge in [0.1, 0.15) is 18.5 Å². The Morgan fingerprint density at radius 1 is 1.33 bits per heavy atom. The van der Waals surface area contributed by atoms with E-state index in [2.05, 4.69) is 17.0 Å². The van der Waals surface area contributed by atoms with Crippen molar-refractivity contribution in [3.05, 3.63) is 52.2 Å². The molecule has 4 nitrogen and oxygen atoms in total. The molecule has 110 valence electrons. The van der Waals surface area contributed by atoms with Gasteiger partial charge in [-0.25, -0.2) is 0 Å². The van der Waals surface area contributed by atoms with Gasteiger partial charge in [0.05, 0.1) is 11.6 Å². The molecular formula is C16H18N2O2S. The third kappa shape index (κ3) is 5.20. The Morgan fingerprint density at radius 2 is 2.10 bits per heavy atom. The molecule has 0 spiro atoms. The average molecular weight is 302 g/mol. The van der Waals surface area contributed by atoms with E-state index in [1.165, 1.54) is 4.88 Å². The number of likely N-dealkylation sites (N-methyl/N-ethyl adjacent to an activating group) is 1. The van der Waals surface area contributed by atoms with E-state index >= 15 is 0 Å². The minimum atomic E-state index is -0.550. The summed E-state index contributed by atoms with van der Waals surface area (Å²) < 4.78 is 5.52. The van der Waals surface area contributed by atoms with Crippen LogP contribution in [-0.4, -0.2) is 36.3 Å². The number of nitrogens with zero attached hydrogens (tertiary/aromatic N) is 2. The van der Waals surface area contributed by atoms with Crippen molar-refractivity contribution in [1.82, 2.24) is 4.90 Å². The lowest BCUT2D eigenvalue weighted by molar-refractivity contribution is 0.0746. The van der Waals surface area contributed by atoms with Crippen LogP contribution in [0.3, 0.4) is 0 Å². The molecule has 2 rings (SSSR count). The molecule has 5 heteroatoms. The van der Waals surface area contributed by atoms with Crippen LogP contribution >= 0.6 is 11.3 Å². The topological polar surface area (TPSA) is 56.5 Å². The number of rotatable bonds is 7. The summed E-state index contributed by atoms with van der Waals surface area (Å²) in [5, 5.41) is 20.8. The first-order valence-corrected chi connectivity index (χ1v) is 7.57. The number of benzene rings is 1. The first-order chi connectivity index (χ1) is 10.2. The number of thiophene rings is 1. The second-order valence-electron chi connectivity index (χ2n) is 4.88. The Labute approximate surface area is 128 Å². The minimum absolute atomic E-state index is 0.237. The van der Waals surface area contributed by atoms with E-state index in [0.29, 0.717) is 17.9 Å². The average Bonchev–Trinajstić information content (AvgIpc) is 2.98. The molecule has 0 saturated carbocycles. The maximum atomic E-state index is 9.99. The summed E-state index contributed by atoms with van der Waals surface area (Å²) in [6.45, 7) is 1.61. The fourth-order valence-corrected chi connectivity index (χ4v) is 2.75. The van der Waals surface area contributed by atoms with E-state index in [9.17, 15) is 5.11 Å². The highest BCUT2D eigenvalue weighted by Crippen LogP contribution is 2.13. The summed E-state index contributed by atoms with van der Waals surface area (Å²) in [6.07, 6.45) is -0.550. The van der Waals surface area contributed by atoms with Crippen molar-refractivity contribution in [2.45, 2.75) is 12.6 Å². The summed E-state index contributed by atoms with van der Waals surface area (Å²) in [6, 6.07) is 13.0. The van der Waals surface area contributed by atoms with Crippen molar-refractivity contribution < 1.29 is 9.84 Å². The zero-order chi connectivity index (χ0) is 15.1. The molecule has 1 heterocycles. The summed E-state index contributed by atoms with van der Waals surface area (Å²) in [7, 11) is 1.98. The van der Waals surface area contributed by atoms with Gasteiger partial charge in [-0.1, -0.05) is 6.07 Å². The van der Waals surface area contributed by atoms with Gasteiger partial charge in [-0.3, -0.25) is 4.90 Å². The molecule has 0 aliphatic carbocycles. The lowest BCUT2D eigenvalue weighted by Gasteiger charge is -2.20. The summed E-state index contributed by atoms with van der Waals surface area (Å²) in [5.41, 5.74) is 0.596. The third-order valence-corrected chi connectivity index (χ3v) is 3.82. The number of ether oxygens (including phenoxy) is 1. The molecule has 0 bridgehead atoms. The Hall–Kier alpha value is -1.87. The van der Waals surface area contributed by atoms with Gasteiger partial charge in [-0.15, -0.1) is 11.3 Å². The molecule has 1 atom stereocenters. The molecule has 0 saturated heterocycles. The quantitative estimate of drug-likeness (QED) is 0.854. The second kappa shape index (κ2) is 7.79. The van der Waals surface area contributed by atoms with Crippen molar-refractivity contribution >= 4 is 11.3 Å².